The van der Waals surface area contributed by atoms with Gasteiger partial charge in [-0.1, -0.05) is 0 Å². The van der Waals surface area contributed by atoms with Crippen LogP contribution in [0.1, 0.15) is 20.8 Å². The second-order valence-electron chi connectivity index (χ2n) is 7.13. The van der Waals surface area contributed by atoms with Crippen molar-refractivity contribution in [1.29, 1.82) is 0 Å². The summed E-state index contributed by atoms with van der Waals surface area (Å²) in [6.45, 7) is 7.33. The van der Waals surface area contributed by atoms with Crippen LogP contribution in [0.2, 0.25) is 0 Å². The molecule has 7 heteroatoms. The van der Waals surface area contributed by atoms with Crippen LogP contribution < -0.4 is 9.47 Å². The zero-order chi connectivity index (χ0) is 18.0. The second kappa shape index (κ2) is 6.74. The van der Waals surface area contributed by atoms with Gasteiger partial charge in [0.2, 0.25) is 5.88 Å². The molecule has 3 rings (SSSR count). The van der Waals surface area contributed by atoms with Crippen molar-refractivity contribution in [2.45, 2.75) is 26.4 Å². The highest BCUT2D eigenvalue weighted by molar-refractivity contribution is 5.76. The molecule has 2 heterocycles. The lowest BCUT2D eigenvalue weighted by atomic mass is 10.0. The third-order valence-electron chi connectivity index (χ3n) is 3.80. The topological polar surface area (TPSA) is 73.8 Å². The highest BCUT2D eigenvalue weighted by Crippen LogP contribution is 2.22. The molecule has 0 atom stereocenters. The van der Waals surface area contributed by atoms with E-state index in [9.17, 15) is 4.79 Å². The summed E-state index contributed by atoms with van der Waals surface area (Å²) in [5.74, 6) is 1.47. The number of hydrogen-bond acceptors (Lipinski definition) is 6. The van der Waals surface area contributed by atoms with Crippen molar-refractivity contribution < 1.29 is 19.0 Å². The molecule has 1 fully saturated rings. The number of nitrogens with zero attached hydrogens (tertiary/aromatic N) is 3. The number of amides is 1. The number of ether oxygens (including phenoxy) is 3. The molecule has 7 nitrogen and oxygen atoms in total. The molecule has 1 saturated heterocycles. The molecular weight excluding hydrogens is 322 g/mol. The van der Waals surface area contributed by atoms with Crippen LogP contribution in [0.25, 0.3) is 11.0 Å². The Morgan fingerprint density at radius 2 is 2.04 bits per heavy atom. The molecule has 0 spiro atoms. The Morgan fingerprint density at radius 1 is 1.28 bits per heavy atom. The van der Waals surface area contributed by atoms with Gasteiger partial charge < -0.3 is 19.1 Å². The predicted octanol–water partition coefficient (Wildman–Crippen LogP) is 2.88. The Hall–Kier alpha value is -2.57. The third kappa shape index (κ3) is 4.29. The van der Waals surface area contributed by atoms with Gasteiger partial charge in [-0.05, 0) is 32.9 Å². The molecule has 0 saturated carbocycles. The van der Waals surface area contributed by atoms with Crippen LogP contribution in [-0.4, -0.2) is 53.4 Å². The van der Waals surface area contributed by atoms with E-state index in [0.29, 0.717) is 25.6 Å². The number of carbonyl (C=O) groups excluding carboxylic acids is 1. The summed E-state index contributed by atoms with van der Waals surface area (Å²) in [5, 5.41) is 0. The van der Waals surface area contributed by atoms with Crippen molar-refractivity contribution in [1.82, 2.24) is 14.9 Å². The van der Waals surface area contributed by atoms with Crippen molar-refractivity contribution in [3.63, 3.8) is 0 Å². The number of hydrogen-bond donors (Lipinski definition) is 0. The van der Waals surface area contributed by atoms with E-state index in [-0.39, 0.29) is 12.0 Å². The lowest BCUT2D eigenvalue weighted by Crippen LogP contribution is -2.53. The number of aromatic nitrogens is 2. The lowest BCUT2D eigenvalue weighted by molar-refractivity contribution is -0.00807. The number of carbonyl (C=O) groups is 1. The number of fused-ring (bicyclic) bond motifs is 1. The van der Waals surface area contributed by atoms with Gasteiger partial charge in [0.05, 0.1) is 30.9 Å². The first-order chi connectivity index (χ1) is 11.8. The molecule has 1 aliphatic heterocycles. The van der Waals surface area contributed by atoms with Crippen LogP contribution in [0.5, 0.6) is 11.6 Å². The monoisotopic (exact) mass is 345 g/mol. The van der Waals surface area contributed by atoms with Gasteiger partial charge in [0, 0.05) is 25.1 Å². The molecule has 0 N–H and O–H groups in total. The SMILES string of the molecule is COc1ccc2ncc(OCC3CN(C(=O)OC(C)(C)C)C3)nc2c1. The zero-order valence-corrected chi connectivity index (χ0v) is 15.0. The summed E-state index contributed by atoms with van der Waals surface area (Å²) in [5.41, 5.74) is 1.04. The minimum absolute atomic E-state index is 0.273. The normalized spacial score (nSPS) is 15.0. The molecule has 1 aromatic carbocycles. The van der Waals surface area contributed by atoms with Crippen LogP contribution in [0.15, 0.2) is 24.4 Å². The molecule has 0 radical (unpaired) electrons. The van der Waals surface area contributed by atoms with Gasteiger partial charge in [0.1, 0.15) is 11.4 Å². The van der Waals surface area contributed by atoms with Crippen molar-refractivity contribution in [3.8, 4) is 11.6 Å². The van der Waals surface area contributed by atoms with Crippen LogP contribution >= 0.6 is 0 Å². The van der Waals surface area contributed by atoms with Gasteiger partial charge in [0.15, 0.2) is 0 Å². The van der Waals surface area contributed by atoms with E-state index >= 15 is 0 Å². The standard InChI is InChI=1S/C18H23N3O4/c1-18(2,3)25-17(22)21-9-12(10-21)11-24-16-8-19-14-6-5-13(23-4)7-15(14)20-16/h5-8,12H,9-11H2,1-4H3. The second-order valence-corrected chi connectivity index (χ2v) is 7.13. The van der Waals surface area contributed by atoms with E-state index < -0.39 is 5.60 Å². The van der Waals surface area contributed by atoms with Crippen LogP contribution in [0.4, 0.5) is 4.79 Å². The molecule has 0 unspecified atom stereocenters. The largest absolute Gasteiger partial charge is 0.497 e. The molecule has 2 aromatic rings. The maximum absolute atomic E-state index is 11.9. The van der Waals surface area contributed by atoms with Crippen LogP contribution in [-0.2, 0) is 4.74 Å². The van der Waals surface area contributed by atoms with Gasteiger partial charge in [-0.25, -0.2) is 14.8 Å². The fraction of sp³-hybridized carbons (Fsp3) is 0.500. The Bertz CT molecular complexity index is 766. The van der Waals surface area contributed by atoms with E-state index in [1.807, 2.05) is 39.0 Å². The smallest absolute Gasteiger partial charge is 0.410 e. The summed E-state index contributed by atoms with van der Waals surface area (Å²) in [6.07, 6.45) is 1.33. The van der Waals surface area contributed by atoms with Crippen LogP contribution in [0, 0.1) is 5.92 Å². The number of rotatable bonds is 4. The summed E-state index contributed by atoms with van der Waals surface area (Å²) in [7, 11) is 1.61. The Balaban J connectivity index is 1.51. The minimum atomic E-state index is -0.472. The number of methoxy groups -OCH3 is 1. The Morgan fingerprint density at radius 3 is 2.72 bits per heavy atom. The van der Waals surface area contributed by atoms with Crippen LogP contribution in [0.3, 0.4) is 0 Å². The molecule has 1 aromatic heterocycles. The summed E-state index contributed by atoms with van der Waals surface area (Å²) in [6, 6.07) is 5.52. The molecule has 0 aliphatic carbocycles. The predicted molar refractivity (Wildman–Crippen MR) is 92.9 cm³/mol. The first-order valence-electron chi connectivity index (χ1n) is 8.25. The van der Waals surface area contributed by atoms with E-state index in [1.165, 1.54) is 0 Å². The van der Waals surface area contributed by atoms with Crippen molar-refractivity contribution in [2.75, 3.05) is 26.8 Å². The number of benzene rings is 1. The van der Waals surface area contributed by atoms with Gasteiger partial charge in [-0.15, -0.1) is 0 Å². The summed E-state index contributed by atoms with van der Waals surface area (Å²) in [4.78, 5) is 22.4. The van der Waals surface area contributed by atoms with E-state index in [4.69, 9.17) is 14.2 Å². The highest BCUT2D eigenvalue weighted by atomic mass is 16.6. The van der Waals surface area contributed by atoms with Gasteiger partial charge in [0.25, 0.3) is 0 Å². The highest BCUT2D eigenvalue weighted by Gasteiger charge is 2.34. The summed E-state index contributed by atoms with van der Waals surface area (Å²) < 4.78 is 16.3. The zero-order valence-electron chi connectivity index (χ0n) is 15.0. The molecular formula is C18H23N3O4. The maximum Gasteiger partial charge on any atom is 0.410 e. The Kier molecular flexibility index (Phi) is 4.65. The third-order valence-corrected chi connectivity index (χ3v) is 3.80. The molecule has 1 amide bonds. The fourth-order valence-electron chi connectivity index (χ4n) is 2.52. The Labute approximate surface area is 146 Å². The average Bonchev–Trinajstić information content (AvgIpc) is 2.50. The first-order valence-corrected chi connectivity index (χ1v) is 8.25. The first kappa shape index (κ1) is 17.3. The van der Waals surface area contributed by atoms with Crippen molar-refractivity contribution in [3.05, 3.63) is 24.4 Å². The van der Waals surface area contributed by atoms with Gasteiger partial charge in [-0.2, -0.15) is 0 Å². The maximum atomic E-state index is 11.9. The van der Waals surface area contributed by atoms with E-state index in [2.05, 4.69) is 9.97 Å². The van der Waals surface area contributed by atoms with Crippen molar-refractivity contribution >= 4 is 17.1 Å². The van der Waals surface area contributed by atoms with Crippen molar-refractivity contribution in [2.24, 2.45) is 5.92 Å². The molecule has 25 heavy (non-hydrogen) atoms. The van der Waals surface area contributed by atoms with E-state index in [1.54, 1.807) is 18.2 Å². The van der Waals surface area contributed by atoms with Gasteiger partial charge in [-0.3, -0.25) is 0 Å². The minimum Gasteiger partial charge on any atom is -0.497 e. The number of likely N-dealkylation sites (tertiary alicyclic amines) is 1. The van der Waals surface area contributed by atoms with Gasteiger partial charge >= 0.3 is 6.09 Å². The quantitative estimate of drug-likeness (QED) is 0.848. The fourth-order valence-corrected chi connectivity index (χ4v) is 2.52. The summed E-state index contributed by atoms with van der Waals surface area (Å²) >= 11 is 0. The molecule has 0 bridgehead atoms. The molecule has 1 aliphatic rings. The lowest BCUT2D eigenvalue weighted by Gasteiger charge is -2.39. The van der Waals surface area contributed by atoms with E-state index in [0.717, 1.165) is 16.8 Å². The molecule has 134 valence electrons. The average molecular weight is 345 g/mol.